The number of Topliss-reactive ketones (excluding diaryl/α,β-unsaturated/α-hetero) is 2. The van der Waals surface area contributed by atoms with Crippen molar-refractivity contribution in [3.8, 4) is 11.5 Å². The Kier molecular flexibility index (Phi) is 5.29. The second-order valence-electron chi connectivity index (χ2n) is 8.56. The molecule has 3 aliphatic carbocycles. The number of hydrogen-bond donors (Lipinski definition) is 4. The van der Waals surface area contributed by atoms with E-state index in [1.54, 1.807) is 36.4 Å². The minimum absolute atomic E-state index is 0.126. The van der Waals surface area contributed by atoms with Gasteiger partial charge in [0.15, 0.2) is 23.1 Å². The van der Waals surface area contributed by atoms with E-state index in [0.717, 1.165) is 0 Å². The van der Waals surface area contributed by atoms with E-state index in [-0.39, 0.29) is 45.3 Å². The molecule has 178 valence electrons. The van der Waals surface area contributed by atoms with Crippen molar-refractivity contribution in [2.75, 3.05) is 0 Å². The summed E-state index contributed by atoms with van der Waals surface area (Å²) in [4.78, 5) is 49.2. The van der Waals surface area contributed by atoms with E-state index in [4.69, 9.17) is 11.5 Å². The summed E-state index contributed by atoms with van der Waals surface area (Å²) in [5.41, 5.74) is 14.4. The average molecular weight is 480 g/mol. The number of phenolic OH excluding ortho intramolecular Hbond substituents is 2. The Morgan fingerprint density at radius 3 is 1.14 bits per heavy atom. The molecule has 8 nitrogen and oxygen atoms in total. The predicted molar refractivity (Wildman–Crippen MR) is 130 cm³/mol. The number of ketones is 4. The second-order valence-corrected chi connectivity index (χ2v) is 8.56. The number of phenols is 2. The standard InChI is InChI=1S/C14H12N2O2.C14H8O4/c2*15-9-5-6-10(16)12-11(9)13(17)7-3-1-2-4-8(7)14(12)18/h1-4H,5-6,15-16H2;1-6,15-16H. The van der Waals surface area contributed by atoms with Gasteiger partial charge in [0.05, 0.1) is 22.3 Å². The molecular weight excluding hydrogens is 460 g/mol. The van der Waals surface area contributed by atoms with Crippen molar-refractivity contribution in [1.29, 1.82) is 0 Å². The number of hydrogen-bond acceptors (Lipinski definition) is 8. The molecule has 0 spiro atoms. The molecule has 6 N–H and O–H groups in total. The van der Waals surface area contributed by atoms with E-state index in [1.165, 1.54) is 24.3 Å². The summed E-state index contributed by atoms with van der Waals surface area (Å²) in [5.74, 6) is -1.88. The summed E-state index contributed by atoms with van der Waals surface area (Å²) in [5, 5.41) is 19.4. The van der Waals surface area contributed by atoms with Crippen molar-refractivity contribution >= 4 is 23.1 Å². The maximum atomic E-state index is 12.4. The van der Waals surface area contributed by atoms with Crippen LogP contribution in [0, 0.1) is 0 Å². The van der Waals surface area contributed by atoms with E-state index in [1.807, 2.05) is 0 Å². The van der Waals surface area contributed by atoms with Gasteiger partial charge in [0.25, 0.3) is 0 Å². The summed E-state index contributed by atoms with van der Waals surface area (Å²) in [7, 11) is 0. The van der Waals surface area contributed by atoms with Crippen molar-refractivity contribution in [3.05, 3.63) is 117 Å². The van der Waals surface area contributed by atoms with Crippen LogP contribution in [0.2, 0.25) is 0 Å². The lowest BCUT2D eigenvalue weighted by atomic mass is 9.77. The number of aromatic hydroxyl groups is 2. The van der Waals surface area contributed by atoms with Crippen LogP contribution in [0.3, 0.4) is 0 Å². The number of benzene rings is 3. The number of rotatable bonds is 0. The molecule has 3 aromatic rings. The maximum Gasteiger partial charge on any atom is 0.198 e. The van der Waals surface area contributed by atoms with Gasteiger partial charge in [-0.15, -0.1) is 0 Å². The maximum absolute atomic E-state index is 12.4. The van der Waals surface area contributed by atoms with Crippen LogP contribution >= 0.6 is 0 Å². The van der Waals surface area contributed by atoms with Crippen LogP contribution in [0.1, 0.15) is 65.4 Å². The fourth-order valence-electron chi connectivity index (χ4n) is 4.70. The third-order valence-electron chi connectivity index (χ3n) is 6.46. The Bertz CT molecular complexity index is 1480. The number of carbonyl (C=O) groups is 4. The van der Waals surface area contributed by atoms with Crippen molar-refractivity contribution in [2.24, 2.45) is 11.5 Å². The minimum atomic E-state index is -0.450. The van der Waals surface area contributed by atoms with Crippen LogP contribution < -0.4 is 11.5 Å². The molecular formula is C28H20N2O6. The molecule has 0 radical (unpaired) electrons. The smallest absolute Gasteiger partial charge is 0.198 e. The summed E-state index contributed by atoms with van der Waals surface area (Å²) in [6.07, 6.45) is 1.07. The predicted octanol–water partition coefficient (Wildman–Crippen LogP) is 3.16. The first-order valence-electron chi connectivity index (χ1n) is 11.1. The third kappa shape index (κ3) is 3.31. The Hall–Kier alpha value is -4.98. The first kappa shape index (κ1) is 22.8. The van der Waals surface area contributed by atoms with Gasteiger partial charge in [0, 0.05) is 33.6 Å². The van der Waals surface area contributed by atoms with Gasteiger partial charge < -0.3 is 21.7 Å². The van der Waals surface area contributed by atoms with Gasteiger partial charge in [0.1, 0.15) is 11.5 Å². The van der Waals surface area contributed by atoms with Crippen molar-refractivity contribution in [3.63, 3.8) is 0 Å². The fourth-order valence-corrected chi connectivity index (χ4v) is 4.70. The molecule has 0 fully saturated rings. The largest absolute Gasteiger partial charge is 0.507 e. The first-order chi connectivity index (χ1) is 17.2. The van der Waals surface area contributed by atoms with Crippen molar-refractivity contribution in [1.82, 2.24) is 0 Å². The van der Waals surface area contributed by atoms with Gasteiger partial charge in [-0.25, -0.2) is 0 Å². The topological polar surface area (TPSA) is 161 Å². The highest BCUT2D eigenvalue weighted by atomic mass is 16.3. The molecule has 0 heterocycles. The van der Waals surface area contributed by atoms with Crippen LogP contribution in [0.5, 0.6) is 11.5 Å². The number of carbonyl (C=O) groups excluding carboxylic acids is 4. The van der Waals surface area contributed by atoms with Crippen LogP contribution in [0.25, 0.3) is 0 Å². The van der Waals surface area contributed by atoms with Crippen LogP contribution in [0.15, 0.2) is 83.2 Å². The molecule has 6 rings (SSSR count). The van der Waals surface area contributed by atoms with Crippen molar-refractivity contribution in [2.45, 2.75) is 12.8 Å². The van der Waals surface area contributed by atoms with Gasteiger partial charge in [0.2, 0.25) is 0 Å². The summed E-state index contributed by atoms with van der Waals surface area (Å²) >= 11 is 0. The SMILES string of the molecule is NC1=C2C(=O)c3ccccc3C(=O)C2=C(N)CC1.O=C1c2ccccc2C(=O)c2c(O)ccc(O)c21. The highest BCUT2D eigenvalue weighted by molar-refractivity contribution is 6.32. The lowest BCUT2D eigenvalue weighted by Gasteiger charge is -2.26. The summed E-state index contributed by atoms with van der Waals surface area (Å²) < 4.78 is 0. The van der Waals surface area contributed by atoms with Gasteiger partial charge in [-0.2, -0.15) is 0 Å². The molecule has 3 aromatic carbocycles. The van der Waals surface area contributed by atoms with Gasteiger partial charge in [-0.1, -0.05) is 48.5 Å². The molecule has 0 amide bonds. The second kappa shape index (κ2) is 8.35. The molecule has 0 unspecified atom stereocenters. The number of allylic oxidation sites excluding steroid dienone is 4. The van der Waals surface area contributed by atoms with Gasteiger partial charge in [-0.3, -0.25) is 19.2 Å². The lowest BCUT2D eigenvalue weighted by molar-refractivity contribution is 0.0969. The summed E-state index contributed by atoms with van der Waals surface area (Å²) in [6, 6.07) is 15.5. The minimum Gasteiger partial charge on any atom is -0.507 e. The zero-order valence-electron chi connectivity index (χ0n) is 18.9. The van der Waals surface area contributed by atoms with Gasteiger partial charge >= 0.3 is 0 Å². The Morgan fingerprint density at radius 2 is 0.806 bits per heavy atom. The monoisotopic (exact) mass is 480 g/mol. The molecule has 0 bridgehead atoms. The summed E-state index contributed by atoms with van der Waals surface area (Å²) in [6.45, 7) is 0. The Labute approximate surface area is 205 Å². The van der Waals surface area contributed by atoms with E-state index in [0.29, 0.717) is 46.5 Å². The zero-order valence-corrected chi connectivity index (χ0v) is 18.9. The highest BCUT2D eigenvalue weighted by Crippen LogP contribution is 2.38. The van der Waals surface area contributed by atoms with E-state index in [9.17, 15) is 29.4 Å². The fraction of sp³-hybridized carbons (Fsp3) is 0.0714. The zero-order chi connectivity index (χ0) is 25.7. The van der Waals surface area contributed by atoms with Crippen molar-refractivity contribution < 1.29 is 29.4 Å². The molecule has 0 aliphatic heterocycles. The molecule has 3 aliphatic rings. The Morgan fingerprint density at radius 1 is 0.500 bits per heavy atom. The number of nitrogens with two attached hydrogens (primary N) is 2. The quantitative estimate of drug-likeness (QED) is 0.279. The first-order valence-corrected chi connectivity index (χ1v) is 11.1. The van der Waals surface area contributed by atoms with Gasteiger partial charge in [-0.05, 0) is 25.0 Å². The lowest BCUT2D eigenvalue weighted by Crippen LogP contribution is -2.30. The van der Waals surface area contributed by atoms with E-state index >= 15 is 0 Å². The normalized spacial score (nSPS) is 16.0. The molecule has 0 aromatic heterocycles. The average Bonchev–Trinajstić information content (AvgIpc) is 2.89. The third-order valence-corrected chi connectivity index (χ3v) is 6.46. The van der Waals surface area contributed by atoms with Crippen LogP contribution in [0.4, 0.5) is 0 Å². The van der Waals surface area contributed by atoms with E-state index in [2.05, 4.69) is 0 Å². The molecule has 36 heavy (non-hydrogen) atoms. The molecule has 0 saturated carbocycles. The Balaban J connectivity index is 0.000000148. The highest BCUT2D eigenvalue weighted by Gasteiger charge is 2.37. The molecule has 8 heteroatoms. The van der Waals surface area contributed by atoms with Crippen LogP contribution in [-0.2, 0) is 0 Å². The van der Waals surface area contributed by atoms with E-state index < -0.39 is 11.6 Å². The molecule has 0 atom stereocenters. The number of fused-ring (bicyclic) bond motifs is 4. The molecule has 0 saturated heterocycles. The van der Waals surface area contributed by atoms with Crippen LogP contribution in [-0.4, -0.2) is 33.3 Å².